The first-order chi connectivity index (χ1) is 14.8. The van der Waals surface area contributed by atoms with E-state index < -0.39 is 11.9 Å². The molecule has 0 unspecified atom stereocenters. The molecule has 1 aliphatic rings. The van der Waals surface area contributed by atoms with Crippen LogP contribution in [0.3, 0.4) is 0 Å². The fourth-order valence-electron chi connectivity index (χ4n) is 3.49. The number of fused-ring (bicyclic) bond motifs is 3. The summed E-state index contributed by atoms with van der Waals surface area (Å²) in [7, 11) is 1.97. The lowest BCUT2D eigenvalue weighted by Gasteiger charge is -2.16. The molecule has 0 saturated carbocycles. The van der Waals surface area contributed by atoms with Crippen LogP contribution < -0.4 is 0 Å². The summed E-state index contributed by atoms with van der Waals surface area (Å²) in [6.45, 7) is 1.11. The highest BCUT2D eigenvalue weighted by atomic mass is 16.4. The van der Waals surface area contributed by atoms with Gasteiger partial charge in [0.2, 0.25) is 0 Å². The number of pyridine rings is 1. The number of carbonyl (C=O) groups excluding carboxylic acids is 1. The summed E-state index contributed by atoms with van der Waals surface area (Å²) in [5.74, 6) is -3.50. The van der Waals surface area contributed by atoms with Crippen molar-refractivity contribution in [3.8, 4) is 11.1 Å². The molecule has 158 valence electrons. The number of carbonyl (C=O) groups is 3. The number of nitrogens with zero attached hydrogens (tertiary/aromatic N) is 2. The Hall–Kier alpha value is -3.84. The van der Waals surface area contributed by atoms with Crippen LogP contribution in [0.2, 0.25) is 0 Å². The predicted molar refractivity (Wildman–Crippen MR) is 115 cm³/mol. The van der Waals surface area contributed by atoms with E-state index in [0.29, 0.717) is 13.1 Å². The molecule has 0 fully saturated rings. The van der Waals surface area contributed by atoms with E-state index in [4.69, 9.17) is 19.8 Å². The van der Waals surface area contributed by atoms with Crippen molar-refractivity contribution in [3.63, 3.8) is 0 Å². The van der Waals surface area contributed by atoms with E-state index in [0.717, 1.165) is 17.5 Å². The number of rotatable bonds is 5. The monoisotopic (exact) mass is 418 g/mol. The van der Waals surface area contributed by atoms with Gasteiger partial charge in [0, 0.05) is 24.5 Å². The number of hydrogen-bond acceptors (Lipinski definition) is 5. The van der Waals surface area contributed by atoms with E-state index in [1.54, 1.807) is 6.20 Å². The smallest absolute Gasteiger partial charge is 0.414 e. The Morgan fingerprint density at radius 1 is 0.935 bits per heavy atom. The van der Waals surface area contributed by atoms with Crippen LogP contribution in [-0.2, 0) is 22.6 Å². The fourth-order valence-corrected chi connectivity index (χ4v) is 3.49. The third-order valence-corrected chi connectivity index (χ3v) is 4.89. The highest BCUT2D eigenvalue weighted by Crippen LogP contribution is 2.36. The molecule has 0 radical (unpaired) electrons. The summed E-state index contributed by atoms with van der Waals surface area (Å²) in [6, 6.07) is 18.5. The summed E-state index contributed by atoms with van der Waals surface area (Å²) in [5.41, 5.74) is 7.01. The van der Waals surface area contributed by atoms with Gasteiger partial charge in [0.1, 0.15) is 0 Å². The molecule has 0 atom stereocenters. The molecule has 1 aliphatic carbocycles. The van der Waals surface area contributed by atoms with Crippen molar-refractivity contribution < 1.29 is 24.6 Å². The molecule has 1 aromatic heterocycles. The molecule has 31 heavy (non-hydrogen) atoms. The Morgan fingerprint density at radius 3 is 2.32 bits per heavy atom. The van der Waals surface area contributed by atoms with Gasteiger partial charge < -0.3 is 10.2 Å². The molecule has 3 aromatic rings. The maximum Gasteiger partial charge on any atom is 0.414 e. The van der Waals surface area contributed by atoms with Gasteiger partial charge in [0.05, 0.1) is 6.54 Å². The Bertz CT molecular complexity index is 1100. The van der Waals surface area contributed by atoms with E-state index in [1.807, 2.05) is 36.3 Å². The highest BCUT2D eigenvalue weighted by Gasteiger charge is 2.19. The third kappa shape index (κ3) is 5.61. The maximum absolute atomic E-state index is 12.7. The van der Waals surface area contributed by atoms with Crippen LogP contribution >= 0.6 is 0 Å². The predicted octanol–water partition coefficient (Wildman–Crippen LogP) is 3.12. The molecule has 7 nitrogen and oxygen atoms in total. The lowest BCUT2D eigenvalue weighted by atomic mass is 10.0. The Labute approximate surface area is 179 Å². The summed E-state index contributed by atoms with van der Waals surface area (Å²) in [5, 5.41) is 14.8. The van der Waals surface area contributed by atoms with Crippen molar-refractivity contribution in [2.24, 2.45) is 0 Å². The van der Waals surface area contributed by atoms with Crippen molar-refractivity contribution in [2.45, 2.75) is 13.0 Å². The number of carboxylic acids is 2. The molecule has 1 heterocycles. The van der Waals surface area contributed by atoms with Gasteiger partial charge in [-0.3, -0.25) is 14.7 Å². The summed E-state index contributed by atoms with van der Waals surface area (Å²) in [4.78, 5) is 37.1. The van der Waals surface area contributed by atoms with Gasteiger partial charge in [-0.15, -0.1) is 0 Å². The second kappa shape index (κ2) is 9.77. The maximum atomic E-state index is 12.7. The van der Waals surface area contributed by atoms with Crippen LogP contribution in [0.25, 0.3) is 11.1 Å². The average Bonchev–Trinajstić information content (AvgIpc) is 3.12. The Kier molecular flexibility index (Phi) is 6.89. The van der Waals surface area contributed by atoms with Crippen LogP contribution in [0.4, 0.5) is 0 Å². The van der Waals surface area contributed by atoms with E-state index >= 15 is 0 Å². The van der Waals surface area contributed by atoms with Crippen LogP contribution in [0, 0.1) is 0 Å². The number of aliphatic carboxylic acids is 2. The van der Waals surface area contributed by atoms with Gasteiger partial charge in [-0.1, -0.05) is 42.5 Å². The number of benzene rings is 2. The quantitative estimate of drug-likeness (QED) is 0.379. The molecule has 2 aromatic carbocycles. The lowest BCUT2D eigenvalue weighted by molar-refractivity contribution is -0.159. The van der Waals surface area contributed by atoms with Crippen LogP contribution in [-0.4, -0.2) is 51.4 Å². The molecule has 4 rings (SSSR count). The minimum atomic E-state index is -1.82. The fraction of sp³-hybridized carbons (Fsp3) is 0.167. The largest absolute Gasteiger partial charge is 0.473 e. The zero-order valence-corrected chi connectivity index (χ0v) is 17.0. The van der Waals surface area contributed by atoms with Crippen molar-refractivity contribution in [1.29, 1.82) is 0 Å². The van der Waals surface area contributed by atoms with Gasteiger partial charge in [0.25, 0.3) is 0 Å². The number of likely N-dealkylation sites (N-methyl/N-ethyl adjacent to an activating group) is 1. The van der Waals surface area contributed by atoms with Crippen LogP contribution in [0.15, 0.2) is 67.0 Å². The van der Waals surface area contributed by atoms with Crippen LogP contribution in [0.5, 0.6) is 0 Å². The molecular formula is C24H22N2O5. The van der Waals surface area contributed by atoms with Crippen LogP contribution in [0.1, 0.15) is 27.0 Å². The second-order valence-electron chi connectivity index (χ2n) is 7.27. The minimum absolute atomic E-state index is 0.151. The molecule has 7 heteroatoms. The Morgan fingerprint density at radius 2 is 1.65 bits per heavy atom. The molecule has 0 aliphatic heterocycles. The zero-order chi connectivity index (χ0) is 22.4. The standard InChI is InChI=1S/C22H20N2O.C2H2O4/c1-24(14-16-5-4-10-23-13-16)15-22(25)19-9-8-18-11-17-6-2-3-7-20(17)21(18)12-19;3-1(4)2(5)6/h2-10,12-13H,11,14-15H2,1H3;(H,3,4)(H,5,6). The van der Waals surface area contributed by atoms with E-state index in [-0.39, 0.29) is 5.78 Å². The third-order valence-electron chi connectivity index (χ3n) is 4.89. The first-order valence-corrected chi connectivity index (χ1v) is 9.63. The molecular weight excluding hydrogens is 396 g/mol. The van der Waals surface area contributed by atoms with Crippen molar-refractivity contribution in [2.75, 3.05) is 13.6 Å². The average molecular weight is 418 g/mol. The van der Waals surface area contributed by atoms with E-state index in [9.17, 15) is 4.79 Å². The summed E-state index contributed by atoms with van der Waals surface area (Å²) >= 11 is 0. The molecule has 0 saturated heterocycles. The number of Topliss-reactive ketones (excluding diaryl/α,β-unsaturated/α-hetero) is 1. The minimum Gasteiger partial charge on any atom is -0.473 e. The van der Waals surface area contributed by atoms with Crippen molar-refractivity contribution in [1.82, 2.24) is 9.88 Å². The summed E-state index contributed by atoms with van der Waals surface area (Å²) in [6.07, 6.45) is 4.56. The van der Waals surface area contributed by atoms with Gasteiger partial charge in [0.15, 0.2) is 5.78 Å². The van der Waals surface area contributed by atoms with Crippen molar-refractivity contribution >= 4 is 17.7 Å². The second-order valence-corrected chi connectivity index (χ2v) is 7.27. The summed E-state index contributed by atoms with van der Waals surface area (Å²) < 4.78 is 0. The highest BCUT2D eigenvalue weighted by molar-refractivity contribution is 6.27. The number of aromatic nitrogens is 1. The SMILES string of the molecule is CN(CC(=O)c1ccc2c(c1)-c1ccccc1C2)Cc1cccnc1.O=C(O)C(=O)O. The number of ketones is 1. The molecule has 0 spiro atoms. The lowest BCUT2D eigenvalue weighted by Crippen LogP contribution is -2.25. The first kappa shape index (κ1) is 21.9. The van der Waals surface area contributed by atoms with Gasteiger partial charge in [-0.05, 0) is 53.4 Å². The molecule has 2 N–H and O–H groups in total. The van der Waals surface area contributed by atoms with Gasteiger partial charge in [-0.2, -0.15) is 0 Å². The van der Waals surface area contributed by atoms with Gasteiger partial charge >= 0.3 is 11.9 Å². The Balaban J connectivity index is 0.000000401. The molecule has 0 bridgehead atoms. The number of hydrogen-bond donors (Lipinski definition) is 2. The first-order valence-electron chi connectivity index (χ1n) is 9.63. The van der Waals surface area contributed by atoms with E-state index in [1.165, 1.54) is 22.3 Å². The normalized spacial score (nSPS) is 11.2. The van der Waals surface area contributed by atoms with Crippen molar-refractivity contribution in [3.05, 3.63) is 89.2 Å². The van der Waals surface area contributed by atoms with Gasteiger partial charge in [-0.25, -0.2) is 9.59 Å². The zero-order valence-electron chi connectivity index (χ0n) is 17.0. The van der Waals surface area contributed by atoms with E-state index in [2.05, 4.69) is 41.4 Å². The topological polar surface area (TPSA) is 108 Å². The number of carboxylic acid groups (broad SMARTS) is 2. The molecule has 0 amide bonds.